The molecule has 2 heterocycles. The highest BCUT2D eigenvalue weighted by Gasteiger charge is 2.29. The van der Waals surface area contributed by atoms with E-state index in [0.29, 0.717) is 10.6 Å². The van der Waals surface area contributed by atoms with Gasteiger partial charge in [0, 0.05) is 23.7 Å². The van der Waals surface area contributed by atoms with Crippen molar-refractivity contribution in [2.45, 2.75) is 45.2 Å². The fraction of sp³-hybridized carbons (Fsp3) is 0.409. The van der Waals surface area contributed by atoms with Crippen LogP contribution in [0.15, 0.2) is 36.4 Å². The maximum absolute atomic E-state index is 12.7. The molecule has 0 saturated carbocycles. The molecular formula is C22H27N3OS. The summed E-state index contributed by atoms with van der Waals surface area (Å²) in [6.45, 7) is 8.60. The molecule has 3 rings (SSSR count). The van der Waals surface area contributed by atoms with Gasteiger partial charge in [-0.25, -0.2) is 0 Å². The molecule has 0 spiro atoms. The van der Waals surface area contributed by atoms with Crippen LogP contribution in [0, 0.1) is 11.8 Å². The minimum Gasteiger partial charge on any atom is -0.397 e. The summed E-state index contributed by atoms with van der Waals surface area (Å²) in [7, 11) is 0. The summed E-state index contributed by atoms with van der Waals surface area (Å²) in [5.74, 6) is 6.13. The molecule has 2 aromatic rings. The van der Waals surface area contributed by atoms with Crippen LogP contribution in [0.1, 0.15) is 53.7 Å². The van der Waals surface area contributed by atoms with Gasteiger partial charge >= 0.3 is 0 Å². The van der Waals surface area contributed by atoms with E-state index in [4.69, 9.17) is 5.73 Å². The van der Waals surface area contributed by atoms with Crippen LogP contribution in [0.3, 0.4) is 0 Å². The molecule has 3 N–H and O–H groups in total. The number of nitrogens with two attached hydrogens (primary N) is 1. The van der Waals surface area contributed by atoms with E-state index in [2.05, 4.69) is 42.8 Å². The lowest BCUT2D eigenvalue weighted by Crippen LogP contribution is -2.53. The Morgan fingerprint density at radius 2 is 2.00 bits per heavy atom. The summed E-state index contributed by atoms with van der Waals surface area (Å²) in [6, 6.07) is 11.7. The van der Waals surface area contributed by atoms with Gasteiger partial charge in [-0.1, -0.05) is 30.0 Å². The zero-order valence-electron chi connectivity index (χ0n) is 16.2. The van der Waals surface area contributed by atoms with Crippen LogP contribution in [-0.4, -0.2) is 35.5 Å². The average Bonchev–Trinajstić information content (AvgIpc) is 3.01. The molecule has 1 aliphatic heterocycles. The van der Waals surface area contributed by atoms with E-state index in [9.17, 15) is 4.79 Å². The number of carbonyl (C=O) groups excluding carboxylic acids is 1. The highest BCUT2D eigenvalue weighted by molar-refractivity contribution is 7.15. The molecule has 0 radical (unpaired) electrons. The minimum absolute atomic E-state index is 0.0916. The number of anilines is 1. The van der Waals surface area contributed by atoms with Gasteiger partial charge in [-0.05, 0) is 58.4 Å². The molecule has 1 aromatic heterocycles. The zero-order chi connectivity index (χ0) is 19.4. The number of hydrogen-bond donors (Lipinski definition) is 2. The topological polar surface area (TPSA) is 58.4 Å². The Kier molecular flexibility index (Phi) is 5.88. The molecule has 0 bridgehead atoms. The normalized spacial score (nSPS) is 17.8. The van der Waals surface area contributed by atoms with Crippen LogP contribution in [0.25, 0.3) is 0 Å². The van der Waals surface area contributed by atoms with Gasteiger partial charge in [-0.2, -0.15) is 0 Å². The summed E-state index contributed by atoms with van der Waals surface area (Å²) >= 11 is 1.36. The van der Waals surface area contributed by atoms with Gasteiger partial charge in [0.15, 0.2) is 0 Å². The predicted molar refractivity (Wildman–Crippen MR) is 113 cm³/mol. The van der Waals surface area contributed by atoms with Crippen molar-refractivity contribution in [3.8, 4) is 11.8 Å². The summed E-state index contributed by atoms with van der Waals surface area (Å²) in [5, 5.41) is 3.17. The summed E-state index contributed by atoms with van der Waals surface area (Å²) in [4.78, 5) is 16.5. The highest BCUT2D eigenvalue weighted by Crippen LogP contribution is 2.25. The first kappa shape index (κ1) is 19.5. The molecule has 1 fully saturated rings. The summed E-state index contributed by atoms with van der Waals surface area (Å²) in [5.41, 5.74) is 7.64. The van der Waals surface area contributed by atoms with E-state index in [0.717, 1.165) is 36.4 Å². The number of nitrogen functional groups attached to an aromatic ring is 1. The number of hydrogen-bond acceptors (Lipinski definition) is 4. The first-order valence-electron chi connectivity index (χ1n) is 9.35. The first-order valence-corrected chi connectivity index (χ1v) is 10.2. The molecule has 142 valence electrons. The third-order valence-electron chi connectivity index (χ3n) is 4.78. The molecule has 27 heavy (non-hydrogen) atoms. The number of nitrogens with zero attached hydrogens (tertiary/aromatic N) is 1. The lowest BCUT2D eigenvalue weighted by atomic mass is 9.98. The quantitative estimate of drug-likeness (QED) is 0.780. The minimum atomic E-state index is -0.0916. The molecule has 0 unspecified atom stereocenters. The van der Waals surface area contributed by atoms with Crippen molar-refractivity contribution >= 4 is 22.9 Å². The molecule has 5 heteroatoms. The number of carbonyl (C=O) groups is 1. The van der Waals surface area contributed by atoms with E-state index in [1.54, 1.807) is 6.07 Å². The highest BCUT2D eigenvalue weighted by atomic mass is 32.1. The van der Waals surface area contributed by atoms with E-state index >= 15 is 0 Å². The van der Waals surface area contributed by atoms with E-state index < -0.39 is 0 Å². The molecular weight excluding hydrogens is 354 g/mol. The zero-order valence-corrected chi connectivity index (χ0v) is 17.0. The van der Waals surface area contributed by atoms with Crippen LogP contribution in [0.5, 0.6) is 0 Å². The van der Waals surface area contributed by atoms with Crippen LogP contribution < -0.4 is 11.1 Å². The van der Waals surface area contributed by atoms with Crippen LogP contribution >= 0.6 is 11.3 Å². The van der Waals surface area contributed by atoms with Crippen LogP contribution in [0.4, 0.5) is 5.69 Å². The van der Waals surface area contributed by atoms with Gasteiger partial charge in [0.25, 0.3) is 5.91 Å². The number of thiophene rings is 1. The summed E-state index contributed by atoms with van der Waals surface area (Å²) in [6.07, 6.45) is 2.10. The molecule has 1 amide bonds. The maximum atomic E-state index is 12.7. The van der Waals surface area contributed by atoms with Crippen molar-refractivity contribution in [1.29, 1.82) is 0 Å². The molecule has 1 aliphatic rings. The summed E-state index contributed by atoms with van der Waals surface area (Å²) < 4.78 is 0. The van der Waals surface area contributed by atoms with Crippen molar-refractivity contribution in [3.05, 3.63) is 51.7 Å². The third kappa shape index (κ3) is 5.12. The Hall–Kier alpha value is -2.29. The Labute approximate surface area is 165 Å². The number of benzene rings is 1. The third-order valence-corrected chi connectivity index (χ3v) is 5.84. The molecule has 1 atom stereocenters. The van der Waals surface area contributed by atoms with Gasteiger partial charge < -0.3 is 11.1 Å². The molecule has 4 nitrogen and oxygen atoms in total. The second-order valence-electron chi connectivity index (χ2n) is 7.94. The number of amides is 1. The van der Waals surface area contributed by atoms with Gasteiger partial charge in [0.1, 0.15) is 4.88 Å². The Morgan fingerprint density at radius 3 is 2.70 bits per heavy atom. The fourth-order valence-corrected chi connectivity index (χ4v) is 4.09. The number of rotatable bonds is 2. The lowest BCUT2D eigenvalue weighted by Gasteiger charge is -2.41. The number of piperidine rings is 1. The molecule has 0 aliphatic carbocycles. The Morgan fingerprint density at radius 1 is 1.26 bits per heavy atom. The first-order chi connectivity index (χ1) is 12.8. The van der Waals surface area contributed by atoms with Crippen LogP contribution in [-0.2, 0) is 0 Å². The van der Waals surface area contributed by atoms with Gasteiger partial charge in [0.05, 0.1) is 10.6 Å². The number of likely N-dealkylation sites (tertiary alicyclic amines) is 1. The van der Waals surface area contributed by atoms with Gasteiger partial charge in [-0.15, -0.1) is 11.3 Å². The van der Waals surface area contributed by atoms with Gasteiger partial charge in [0.2, 0.25) is 0 Å². The maximum Gasteiger partial charge on any atom is 0.263 e. The van der Waals surface area contributed by atoms with Crippen molar-refractivity contribution in [2.75, 3.05) is 18.8 Å². The lowest BCUT2D eigenvalue weighted by molar-refractivity contribution is 0.0766. The largest absolute Gasteiger partial charge is 0.397 e. The van der Waals surface area contributed by atoms with Crippen molar-refractivity contribution in [2.24, 2.45) is 0 Å². The smallest absolute Gasteiger partial charge is 0.263 e. The van der Waals surface area contributed by atoms with E-state index in [-0.39, 0.29) is 17.5 Å². The Bertz CT molecular complexity index is 855. The molecule has 1 saturated heterocycles. The monoisotopic (exact) mass is 381 g/mol. The van der Waals surface area contributed by atoms with Crippen LogP contribution in [0.2, 0.25) is 0 Å². The second-order valence-corrected chi connectivity index (χ2v) is 8.99. The van der Waals surface area contributed by atoms with E-state index in [1.165, 1.54) is 11.3 Å². The second kappa shape index (κ2) is 8.16. The van der Waals surface area contributed by atoms with Gasteiger partial charge in [-0.3, -0.25) is 9.69 Å². The van der Waals surface area contributed by atoms with Crippen molar-refractivity contribution < 1.29 is 4.79 Å². The predicted octanol–water partition coefficient (Wildman–Crippen LogP) is 3.72. The number of nitrogens with one attached hydrogen (secondary N) is 1. The SMILES string of the molecule is CC(C)(C)N1CCC[C@H](NC(=O)c2sc(C#Cc3ccccc3)cc2N)C1. The van der Waals surface area contributed by atoms with Crippen molar-refractivity contribution in [1.82, 2.24) is 10.2 Å². The average molecular weight is 382 g/mol. The van der Waals surface area contributed by atoms with E-state index in [1.807, 2.05) is 30.3 Å². The molecule has 1 aromatic carbocycles. The Balaban J connectivity index is 1.67. The fourth-order valence-electron chi connectivity index (χ4n) is 3.25. The van der Waals surface area contributed by atoms with Crippen molar-refractivity contribution in [3.63, 3.8) is 0 Å². The standard InChI is InChI=1S/C22H27N3OS/c1-22(2,3)25-13-7-10-17(15-25)24-21(26)20-19(23)14-18(27-20)12-11-16-8-5-4-6-9-16/h4-6,8-9,14,17H,7,10,13,15,23H2,1-3H3,(H,24,26)/t17-/m0/s1.